The minimum atomic E-state index is -0.650. The number of allylic oxidation sites excluding steroid dienone is 1. The lowest BCUT2D eigenvalue weighted by Gasteiger charge is -2.51. The van der Waals surface area contributed by atoms with E-state index in [9.17, 15) is 9.59 Å². The molecule has 1 spiro atoms. The molecule has 1 fully saturated rings. The van der Waals surface area contributed by atoms with Crippen molar-refractivity contribution in [2.75, 3.05) is 21.3 Å². The zero-order valence-electron chi connectivity index (χ0n) is 18.0. The summed E-state index contributed by atoms with van der Waals surface area (Å²) >= 11 is 0. The molecule has 1 aromatic carbocycles. The molecule has 0 radical (unpaired) electrons. The molecule has 1 N–H and O–H groups in total. The molecule has 4 rings (SSSR count). The van der Waals surface area contributed by atoms with Gasteiger partial charge in [-0.25, -0.2) is 0 Å². The monoisotopic (exact) mass is 414 g/mol. The van der Waals surface area contributed by atoms with E-state index >= 15 is 0 Å². The summed E-state index contributed by atoms with van der Waals surface area (Å²) in [5.41, 5.74) is 1.47. The third-order valence-electron chi connectivity index (χ3n) is 6.55. The smallest absolute Gasteiger partial charge is 0.260 e. The standard InChI is InChI=1S/C23H30N2O5/c1-28-18-13-15(14-19(29-2)20(18)30-3)22(27)25-17-10-6-5-9-16(17)21(26)24-23(25)11-7-4-8-12-23/h13-14H,4-12H2,1-3H3,(H,24,26). The second-order valence-corrected chi connectivity index (χ2v) is 8.23. The lowest BCUT2D eigenvalue weighted by atomic mass is 9.81. The SMILES string of the molecule is COc1cc(C(=O)N2C3=C(CCCC3)C(=O)NC23CCCCC3)cc(OC)c1OC. The van der Waals surface area contributed by atoms with Crippen LogP contribution in [0.25, 0.3) is 0 Å². The van der Waals surface area contributed by atoms with Gasteiger partial charge in [0, 0.05) is 16.8 Å². The summed E-state index contributed by atoms with van der Waals surface area (Å²) in [6, 6.07) is 3.39. The van der Waals surface area contributed by atoms with E-state index in [4.69, 9.17) is 14.2 Å². The van der Waals surface area contributed by atoms with Crippen LogP contribution in [-0.2, 0) is 4.79 Å². The molecule has 1 aromatic rings. The van der Waals surface area contributed by atoms with Gasteiger partial charge >= 0.3 is 0 Å². The number of hydrogen-bond donors (Lipinski definition) is 1. The van der Waals surface area contributed by atoms with Gasteiger partial charge in [-0.05, 0) is 63.5 Å². The number of methoxy groups -OCH3 is 3. The van der Waals surface area contributed by atoms with Gasteiger partial charge in [-0.3, -0.25) is 14.5 Å². The van der Waals surface area contributed by atoms with Crippen molar-refractivity contribution < 1.29 is 23.8 Å². The summed E-state index contributed by atoms with van der Waals surface area (Å²) in [4.78, 5) is 28.8. The minimum absolute atomic E-state index is 0.000502. The van der Waals surface area contributed by atoms with Crippen molar-refractivity contribution in [2.45, 2.75) is 63.5 Å². The van der Waals surface area contributed by atoms with Gasteiger partial charge in [-0.15, -0.1) is 0 Å². The molecule has 0 atom stereocenters. The Hall–Kier alpha value is -2.70. The summed E-state index contributed by atoms with van der Waals surface area (Å²) in [5.74, 6) is 1.20. The second kappa shape index (κ2) is 8.20. The van der Waals surface area contributed by atoms with Crippen molar-refractivity contribution in [2.24, 2.45) is 0 Å². The normalized spacial score (nSPS) is 20.5. The van der Waals surface area contributed by atoms with Crippen LogP contribution in [0, 0.1) is 0 Å². The van der Waals surface area contributed by atoms with Crippen molar-refractivity contribution in [1.82, 2.24) is 10.2 Å². The maximum absolute atomic E-state index is 14.0. The minimum Gasteiger partial charge on any atom is -0.493 e. The van der Waals surface area contributed by atoms with Crippen molar-refractivity contribution in [3.05, 3.63) is 29.0 Å². The number of nitrogens with zero attached hydrogens (tertiary/aromatic N) is 1. The number of nitrogens with one attached hydrogen (secondary N) is 1. The maximum Gasteiger partial charge on any atom is 0.260 e. The van der Waals surface area contributed by atoms with Crippen molar-refractivity contribution in [1.29, 1.82) is 0 Å². The number of hydrogen-bond acceptors (Lipinski definition) is 5. The number of ether oxygens (including phenoxy) is 3. The van der Waals surface area contributed by atoms with Gasteiger partial charge in [-0.1, -0.05) is 6.42 Å². The van der Waals surface area contributed by atoms with Crippen LogP contribution >= 0.6 is 0 Å². The second-order valence-electron chi connectivity index (χ2n) is 8.23. The van der Waals surface area contributed by atoms with Crippen LogP contribution in [0.4, 0.5) is 0 Å². The van der Waals surface area contributed by atoms with E-state index < -0.39 is 5.66 Å². The van der Waals surface area contributed by atoms with Gasteiger partial charge < -0.3 is 19.5 Å². The molecule has 3 aliphatic rings. The van der Waals surface area contributed by atoms with E-state index in [0.29, 0.717) is 22.8 Å². The Morgan fingerprint density at radius 3 is 2.17 bits per heavy atom. The molecule has 7 nitrogen and oxygen atoms in total. The highest BCUT2D eigenvalue weighted by Gasteiger charge is 2.49. The highest BCUT2D eigenvalue weighted by Crippen LogP contribution is 2.44. The summed E-state index contributed by atoms with van der Waals surface area (Å²) in [5, 5.41) is 3.23. The summed E-state index contributed by atoms with van der Waals surface area (Å²) in [6.45, 7) is 0. The van der Waals surface area contributed by atoms with Crippen LogP contribution in [0.5, 0.6) is 17.2 Å². The molecular weight excluding hydrogens is 384 g/mol. The van der Waals surface area contributed by atoms with Crippen LogP contribution in [0.15, 0.2) is 23.4 Å². The van der Waals surface area contributed by atoms with E-state index in [-0.39, 0.29) is 11.8 Å². The Morgan fingerprint density at radius 2 is 1.57 bits per heavy atom. The zero-order valence-corrected chi connectivity index (χ0v) is 18.0. The van der Waals surface area contributed by atoms with Gasteiger partial charge in [0.1, 0.15) is 5.66 Å². The first-order chi connectivity index (χ1) is 14.5. The fourth-order valence-electron chi connectivity index (χ4n) is 5.12. The topological polar surface area (TPSA) is 77.1 Å². The van der Waals surface area contributed by atoms with Crippen LogP contribution in [0.2, 0.25) is 0 Å². The molecule has 2 amide bonds. The van der Waals surface area contributed by atoms with Crippen LogP contribution in [-0.4, -0.2) is 43.7 Å². The molecule has 1 aliphatic heterocycles. The van der Waals surface area contributed by atoms with Gasteiger partial charge in [0.05, 0.1) is 21.3 Å². The van der Waals surface area contributed by atoms with Gasteiger partial charge in [0.2, 0.25) is 5.75 Å². The van der Waals surface area contributed by atoms with E-state index in [2.05, 4.69) is 5.32 Å². The molecule has 2 aliphatic carbocycles. The van der Waals surface area contributed by atoms with Gasteiger partial charge in [0.15, 0.2) is 11.5 Å². The molecule has 0 aromatic heterocycles. The summed E-state index contributed by atoms with van der Waals surface area (Å²) < 4.78 is 16.3. The predicted octanol–water partition coefficient (Wildman–Crippen LogP) is 3.77. The fraction of sp³-hybridized carbons (Fsp3) is 0.565. The average molecular weight is 415 g/mol. The quantitative estimate of drug-likeness (QED) is 0.812. The lowest BCUT2D eigenvalue weighted by molar-refractivity contribution is -0.124. The fourth-order valence-corrected chi connectivity index (χ4v) is 5.12. The zero-order chi connectivity index (χ0) is 21.3. The van der Waals surface area contributed by atoms with Crippen LogP contribution < -0.4 is 19.5 Å². The van der Waals surface area contributed by atoms with E-state index in [1.165, 1.54) is 21.3 Å². The van der Waals surface area contributed by atoms with E-state index in [1.54, 1.807) is 12.1 Å². The molecule has 30 heavy (non-hydrogen) atoms. The van der Waals surface area contributed by atoms with Crippen molar-refractivity contribution in [3.63, 3.8) is 0 Å². The summed E-state index contributed by atoms with van der Waals surface area (Å²) in [6.07, 6.45) is 8.07. The van der Waals surface area contributed by atoms with E-state index in [0.717, 1.165) is 69.1 Å². The Kier molecular flexibility index (Phi) is 5.62. The van der Waals surface area contributed by atoms with Crippen LogP contribution in [0.1, 0.15) is 68.1 Å². The van der Waals surface area contributed by atoms with Crippen molar-refractivity contribution in [3.8, 4) is 17.2 Å². The lowest BCUT2D eigenvalue weighted by Crippen LogP contribution is -2.66. The average Bonchev–Trinajstić information content (AvgIpc) is 2.78. The van der Waals surface area contributed by atoms with Gasteiger partial charge in [-0.2, -0.15) is 0 Å². The highest BCUT2D eigenvalue weighted by molar-refractivity contribution is 6.02. The number of carbonyl (C=O) groups excluding carboxylic acids is 2. The Balaban J connectivity index is 1.84. The number of benzene rings is 1. The third-order valence-corrected chi connectivity index (χ3v) is 6.55. The Morgan fingerprint density at radius 1 is 0.933 bits per heavy atom. The first kappa shape index (κ1) is 20.6. The molecular formula is C23H30N2O5. The first-order valence-corrected chi connectivity index (χ1v) is 10.7. The molecule has 0 saturated heterocycles. The highest BCUT2D eigenvalue weighted by atomic mass is 16.5. The Labute approximate surface area is 177 Å². The molecule has 1 heterocycles. The largest absolute Gasteiger partial charge is 0.493 e. The number of rotatable bonds is 4. The van der Waals surface area contributed by atoms with Crippen molar-refractivity contribution >= 4 is 11.8 Å². The van der Waals surface area contributed by atoms with Crippen LogP contribution in [0.3, 0.4) is 0 Å². The molecule has 162 valence electrons. The number of carbonyl (C=O) groups is 2. The summed E-state index contributed by atoms with van der Waals surface area (Å²) in [7, 11) is 4.62. The molecule has 7 heteroatoms. The third kappa shape index (κ3) is 3.30. The maximum atomic E-state index is 14.0. The van der Waals surface area contributed by atoms with E-state index in [1.807, 2.05) is 4.90 Å². The molecule has 0 unspecified atom stereocenters. The van der Waals surface area contributed by atoms with Gasteiger partial charge in [0.25, 0.3) is 11.8 Å². The number of amides is 2. The Bertz CT molecular complexity index is 861. The first-order valence-electron chi connectivity index (χ1n) is 10.7. The molecule has 1 saturated carbocycles. The molecule has 0 bridgehead atoms. The predicted molar refractivity (Wildman–Crippen MR) is 112 cm³/mol.